The molecule has 4 nitrogen and oxygen atoms in total. The molecule has 0 saturated carbocycles. The number of nitrogens with zero attached hydrogens (tertiary/aromatic N) is 3. The smallest absolute Gasteiger partial charge is 0.156 e. The summed E-state index contributed by atoms with van der Waals surface area (Å²) in [5, 5.41) is 9.29. The van der Waals surface area contributed by atoms with E-state index in [1.165, 1.54) is 60.1 Å². The van der Waals surface area contributed by atoms with Crippen molar-refractivity contribution in [2.75, 3.05) is 0 Å². The molecule has 1 aliphatic heterocycles. The van der Waals surface area contributed by atoms with Gasteiger partial charge in [0.15, 0.2) is 5.84 Å². The van der Waals surface area contributed by atoms with Gasteiger partial charge in [0, 0.05) is 39.1 Å². The van der Waals surface area contributed by atoms with Crippen LogP contribution in [0.25, 0.3) is 93.2 Å². The Labute approximate surface area is 388 Å². The molecule has 1 aliphatic rings. The lowest BCUT2D eigenvalue weighted by Gasteiger charge is -2.30. The molecule has 0 radical (unpaired) electrons. The molecule has 0 fully saturated rings. The van der Waals surface area contributed by atoms with Crippen LogP contribution in [0.1, 0.15) is 41.6 Å². The van der Waals surface area contributed by atoms with Crippen molar-refractivity contribution in [1.82, 2.24) is 4.57 Å². The summed E-state index contributed by atoms with van der Waals surface area (Å²) < 4.78 is 9.29. The van der Waals surface area contributed by atoms with Crippen molar-refractivity contribution in [3.05, 3.63) is 235 Å². The number of rotatable bonds is 7. The molecule has 0 N–H and O–H groups in total. The number of aliphatic imine (C=N–C) groups is 2. The monoisotopic (exact) mass is 859 g/mol. The zero-order valence-electron chi connectivity index (χ0n) is 37.3. The summed E-state index contributed by atoms with van der Waals surface area (Å²) in [5.41, 5.74) is 15.1. The SMILES string of the molecule is CC[C@H]1C(c2cccc(-c3cccc(C)c3)c2)=NC(c2cc(-n3c4cc5ccccc5cc4c4cc5ccccc5cc43)cc3oc4ccccc4c23)=NC1c1ccc(-c2ccccc2)cc1. The summed E-state index contributed by atoms with van der Waals surface area (Å²) in [6.07, 6.45) is 0.864. The van der Waals surface area contributed by atoms with Crippen LogP contribution in [-0.2, 0) is 0 Å². The zero-order chi connectivity index (χ0) is 44.6. The fourth-order valence-corrected chi connectivity index (χ4v) is 10.7. The second-order valence-electron chi connectivity index (χ2n) is 18.1. The number of aromatic nitrogens is 1. The Bertz CT molecular complexity index is 3890. The topological polar surface area (TPSA) is 42.8 Å². The number of benzene rings is 10. The van der Waals surface area contributed by atoms with Crippen molar-refractivity contribution >= 4 is 76.8 Å². The van der Waals surface area contributed by atoms with E-state index in [-0.39, 0.29) is 12.0 Å². The average molecular weight is 860 g/mol. The number of fused-ring (bicyclic) bond motifs is 8. The molecule has 0 aliphatic carbocycles. The minimum atomic E-state index is -0.192. The molecule has 0 spiro atoms. The maximum Gasteiger partial charge on any atom is 0.156 e. The highest BCUT2D eigenvalue weighted by Gasteiger charge is 2.33. The maximum atomic E-state index is 6.87. The molecule has 0 bridgehead atoms. The van der Waals surface area contributed by atoms with Crippen LogP contribution in [0, 0.1) is 12.8 Å². The summed E-state index contributed by atoms with van der Waals surface area (Å²) in [7, 11) is 0. The van der Waals surface area contributed by atoms with Crippen LogP contribution in [-0.4, -0.2) is 16.1 Å². The normalized spacial score (nSPS) is 15.3. The molecule has 3 heterocycles. The number of hydrogen-bond acceptors (Lipinski definition) is 3. The number of para-hydroxylation sites is 1. The van der Waals surface area contributed by atoms with Crippen LogP contribution >= 0.6 is 0 Å². The van der Waals surface area contributed by atoms with Gasteiger partial charge in [-0.15, -0.1) is 0 Å². The van der Waals surface area contributed by atoms with Gasteiger partial charge < -0.3 is 8.98 Å². The Morgan fingerprint density at radius 1 is 0.478 bits per heavy atom. The highest BCUT2D eigenvalue weighted by atomic mass is 16.3. The molecule has 1 unspecified atom stereocenters. The van der Waals surface area contributed by atoms with E-state index in [4.69, 9.17) is 14.4 Å². The third-order valence-corrected chi connectivity index (χ3v) is 14.0. The van der Waals surface area contributed by atoms with Crippen molar-refractivity contribution < 1.29 is 4.42 Å². The first-order valence-electron chi connectivity index (χ1n) is 23.4. The summed E-state index contributed by atoms with van der Waals surface area (Å²) in [6, 6.07) is 76.7. The van der Waals surface area contributed by atoms with Gasteiger partial charge in [0.2, 0.25) is 0 Å². The van der Waals surface area contributed by atoms with Crippen LogP contribution in [0.4, 0.5) is 0 Å². The predicted octanol–water partition coefficient (Wildman–Crippen LogP) is 16.6. The third kappa shape index (κ3) is 6.59. The largest absolute Gasteiger partial charge is 0.456 e. The average Bonchev–Trinajstić information content (AvgIpc) is 3.91. The molecule has 10 aromatic carbocycles. The Morgan fingerprint density at radius 2 is 1.06 bits per heavy atom. The first-order chi connectivity index (χ1) is 33.0. The molecule has 12 aromatic rings. The molecule has 318 valence electrons. The zero-order valence-corrected chi connectivity index (χ0v) is 37.3. The van der Waals surface area contributed by atoms with Crippen molar-refractivity contribution in [3.8, 4) is 27.9 Å². The van der Waals surface area contributed by atoms with E-state index in [1.807, 2.05) is 6.07 Å². The molecule has 2 atom stereocenters. The first-order valence-corrected chi connectivity index (χ1v) is 23.4. The van der Waals surface area contributed by atoms with Crippen LogP contribution in [0.15, 0.2) is 227 Å². The van der Waals surface area contributed by atoms with E-state index >= 15 is 0 Å². The fraction of sp³-hybridized carbons (Fsp3) is 0.0794. The van der Waals surface area contributed by atoms with E-state index in [9.17, 15) is 0 Å². The van der Waals surface area contributed by atoms with Crippen LogP contribution < -0.4 is 0 Å². The molecular weight excluding hydrogens is 815 g/mol. The third-order valence-electron chi connectivity index (χ3n) is 14.0. The highest BCUT2D eigenvalue weighted by molar-refractivity contribution is 6.24. The quantitative estimate of drug-likeness (QED) is 0.157. The lowest BCUT2D eigenvalue weighted by atomic mass is 9.82. The summed E-state index contributed by atoms with van der Waals surface area (Å²) >= 11 is 0. The van der Waals surface area contributed by atoms with E-state index in [0.29, 0.717) is 5.84 Å². The molecule has 2 aromatic heterocycles. The van der Waals surface area contributed by atoms with Crippen molar-refractivity contribution in [2.45, 2.75) is 26.3 Å². The number of furan rings is 1. The molecular formula is C63H45N3O. The number of amidine groups is 1. The molecule has 0 amide bonds. The Morgan fingerprint density at radius 3 is 1.75 bits per heavy atom. The van der Waals surface area contributed by atoms with Gasteiger partial charge in [-0.25, -0.2) is 4.99 Å². The van der Waals surface area contributed by atoms with Crippen molar-refractivity contribution in [1.29, 1.82) is 0 Å². The Hall–Kier alpha value is -8.34. The molecule has 0 saturated heterocycles. The van der Waals surface area contributed by atoms with Crippen molar-refractivity contribution in [2.24, 2.45) is 15.9 Å². The van der Waals surface area contributed by atoms with Gasteiger partial charge in [-0.1, -0.05) is 176 Å². The minimum Gasteiger partial charge on any atom is -0.456 e. The molecule has 4 heteroatoms. The lowest BCUT2D eigenvalue weighted by Crippen LogP contribution is -2.28. The Balaban J connectivity index is 1.08. The number of aryl methyl sites for hydroxylation is 1. The van der Waals surface area contributed by atoms with Gasteiger partial charge in [-0.2, -0.15) is 0 Å². The van der Waals surface area contributed by atoms with E-state index < -0.39 is 0 Å². The van der Waals surface area contributed by atoms with Crippen LogP contribution in [0.2, 0.25) is 0 Å². The molecule has 67 heavy (non-hydrogen) atoms. The van der Waals surface area contributed by atoms with Crippen LogP contribution in [0.5, 0.6) is 0 Å². The Kier molecular flexibility index (Phi) is 9.14. The van der Waals surface area contributed by atoms with Gasteiger partial charge in [-0.3, -0.25) is 4.99 Å². The van der Waals surface area contributed by atoms with Crippen molar-refractivity contribution in [3.63, 3.8) is 0 Å². The van der Waals surface area contributed by atoms with Gasteiger partial charge in [0.05, 0.1) is 28.5 Å². The lowest BCUT2D eigenvalue weighted by molar-refractivity contribution is 0.532. The van der Waals surface area contributed by atoms with Gasteiger partial charge in [0.25, 0.3) is 0 Å². The standard InChI is InChI=1S/C63H45N3O/c1-3-51-61(42-29-27-41(28-30-42)40-16-5-4-6-17-40)64-63(65-62(51)49-24-14-23-44(32-49)43-22-13-15-39(2)31-43)55-37-50(38-59-60(55)52-25-11-12-26-58(52)67-59)66-56-35-47-20-9-7-18-45(47)33-53(56)54-34-46-19-8-10-21-48(46)36-57(54)66/h4-38,51,61H,3H2,1-2H3/t51-,61?/m1/s1. The van der Waals surface area contributed by atoms with E-state index in [1.54, 1.807) is 0 Å². The maximum absolute atomic E-state index is 6.87. The summed E-state index contributed by atoms with van der Waals surface area (Å²) in [5.74, 6) is 0.727. The van der Waals surface area contributed by atoms with Gasteiger partial charge in [-0.05, 0) is 111 Å². The van der Waals surface area contributed by atoms with Gasteiger partial charge >= 0.3 is 0 Å². The van der Waals surface area contributed by atoms with E-state index in [0.717, 1.165) is 67.5 Å². The second-order valence-corrected chi connectivity index (χ2v) is 18.1. The first kappa shape index (κ1) is 39.1. The summed E-state index contributed by atoms with van der Waals surface area (Å²) in [4.78, 5) is 11.5. The highest BCUT2D eigenvalue weighted by Crippen LogP contribution is 2.43. The van der Waals surface area contributed by atoms with Gasteiger partial charge in [0.1, 0.15) is 11.2 Å². The molecule has 13 rings (SSSR count). The summed E-state index contributed by atoms with van der Waals surface area (Å²) in [6.45, 7) is 4.43. The minimum absolute atomic E-state index is 0.0257. The van der Waals surface area contributed by atoms with Crippen LogP contribution in [0.3, 0.4) is 0 Å². The predicted molar refractivity (Wildman–Crippen MR) is 281 cm³/mol. The fourth-order valence-electron chi connectivity index (χ4n) is 10.7. The number of hydrogen-bond donors (Lipinski definition) is 0. The van der Waals surface area contributed by atoms with E-state index in [2.05, 4.69) is 225 Å². The second kappa shape index (κ2) is 15.7.